The summed E-state index contributed by atoms with van der Waals surface area (Å²) >= 11 is 0. The zero-order valence-corrected chi connectivity index (χ0v) is 9.34. The van der Waals surface area contributed by atoms with E-state index in [4.69, 9.17) is 0 Å². The second-order valence-corrected chi connectivity index (χ2v) is 3.93. The second-order valence-electron chi connectivity index (χ2n) is 3.93. The summed E-state index contributed by atoms with van der Waals surface area (Å²) in [6.45, 7) is 2.09. The molecule has 0 N–H and O–H groups in total. The molecule has 0 spiro atoms. The zero-order valence-electron chi connectivity index (χ0n) is 9.34. The lowest BCUT2D eigenvalue weighted by Gasteiger charge is -2.05. The van der Waals surface area contributed by atoms with Crippen molar-refractivity contribution in [3.63, 3.8) is 0 Å². The molecule has 78 valence electrons. The first-order valence-corrected chi connectivity index (χ1v) is 5.90. The van der Waals surface area contributed by atoms with E-state index < -0.39 is 0 Å². The summed E-state index contributed by atoms with van der Waals surface area (Å²) in [7, 11) is 0. The Morgan fingerprint density at radius 2 is 2.14 bits per heavy atom. The van der Waals surface area contributed by atoms with Crippen molar-refractivity contribution < 1.29 is 0 Å². The fourth-order valence-corrected chi connectivity index (χ4v) is 1.79. The van der Waals surface area contributed by atoms with Gasteiger partial charge in [0.25, 0.3) is 0 Å². The van der Waals surface area contributed by atoms with Gasteiger partial charge in [0.1, 0.15) is 0 Å². The van der Waals surface area contributed by atoms with Crippen LogP contribution in [0, 0.1) is 0 Å². The van der Waals surface area contributed by atoms with Crippen LogP contribution >= 0.6 is 0 Å². The summed E-state index contributed by atoms with van der Waals surface area (Å²) in [5.41, 5.74) is 1.56. The molecule has 0 amide bonds. The van der Waals surface area contributed by atoms with Crippen molar-refractivity contribution in [1.29, 1.82) is 0 Å². The summed E-state index contributed by atoms with van der Waals surface area (Å²) in [4.78, 5) is 0. The molecule has 0 atom stereocenters. The maximum atomic E-state index is 2.39. The van der Waals surface area contributed by atoms with Gasteiger partial charge in [0, 0.05) is 0 Å². The van der Waals surface area contributed by atoms with Crippen LogP contribution in [0.15, 0.2) is 36.0 Å². The Hall–Kier alpha value is -0.780. The van der Waals surface area contributed by atoms with Gasteiger partial charge in [-0.2, -0.15) is 0 Å². The molecule has 0 fully saturated rings. The van der Waals surface area contributed by atoms with Crippen LogP contribution in [0.5, 0.6) is 0 Å². The Labute approximate surface area is 88.4 Å². The molecule has 1 aliphatic carbocycles. The molecule has 0 aliphatic heterocycles. The average molecular weight is 190 g/mol. The summed E-state index contributed by atoms with van der Waals surface area (Å²) in [6.07, 6.45) is 20.5. The van der Waals surface area contributed by atoms with E-state index in [-0.39, 0.29) is 0 Å². The minimum Gasteiger partial charge on any atom is -0.0917 e. The molecule has 1 rings (SSSR count). The number of hydrogen-bond acceptors (Lipinski definition) is 0. The summed E-state index contributed by atoms with van der Waals surface area (Å²) in [6, 6.07) is 0. The minimum absolute atomic E-state index is 1.24. The predicted molar refractivity (Wildman–Crippen MR) is 64.4 cm³/mol. The Morgan fingerprint density at radius 3 is 2.86 bits per heavy atom. The second kappa shape index (κ2) is 7.61. The number of hydrogen-bond donors (Lipinski definition) is 0. The maximum absolute atomic E-state index is 2.39. The lowest BCUT2D eigenvalue weighted by Crippen LogP contribution is -1.85. The average Bonchev–Trinajstić information content (AvgIpc) is 2.25. The van der Waals surface area contributed by atoms with Gasteiger partial charge in [0.2, 0.25) is 0 Å². The summed E-state index contributed by atoms with van der Waals surface area (Å²) in [5, 5.41) is 0. The fraction of sp³-hybridized carbons (Fsp3) is 0.571. The molecule has 0 radical (unpaired) electrons. The van der Waals surface area contributed by atoms with E-state index in [0.717, 1.165) is 0 Å². The first-order valence-electron chi connectivity index (χ1n) is 5.90. The van der Waals surface area contributed by atoms with Gasteiger partial charge in [0.15, 0.2) is 0 Å². The van der Waals surface area contributed by atoms with Gasteiger partial charge in [-0.05, 0) is 45.4 Å². The van der Waals surface area contributed by atoms with Gasteiger partial charge < -0.3 is 0 Å². The van der Waals surface area contributed by atoms with Crippen molar-refractivity contribution in [2.24, 2.45) is 0 Å². The summed E-state index contributed by atoms with van der Waals surface area (Å²) in [5.74, 6) is 0. The fourth-order valence-electron chi connectivity index (χ4n) is 1.79. The molecule has 0 heterocycles. The monoisotopic (exact) mass is 190 g/mol. The highest BCUT2D eigenvalue weighted by Gasteiger charge is 1.96. The molecule has 0 heteroatoms. The molecule has 1 aliphatic rings. The van der Waals surface area contributed by atoms with Gasteiger partial charge in [-0.1, -0.05) is 42.4 Å². The smallest absolute Gasteiger partial charge is 0.0282 e. The third kappa shape index (κ3) is 5.06. The van der Waals surface area contributed by atoms with E-state index in [2.05, 4.69) is 37.3 Å². The molecule has 0 unspecified atom stereocenters. The van der Waals surface area contributed by atoms with Crippen molar-refractivity contribution in [2.75, 3.05) is 0 Å². The highest BCUT2D eigenvalue weighted by Crippen LogP contribution is 2.16. The molecule has 0 aromatic heterocycles. The van der Waals surface area contributed by atoms with Crippen molar-refractivity contribution in [3.05, 3.63) is 36.0 Å². The van der Waals surface area contributed by atoms with Crippen molar-refractivity contribution in [1.82, 2.24) is 0 Å². The standard InChI is InChI=1S/C14H22/c1-2-3-4-5-6-8-11-14-12-9-7-10-13-14/h2-3,9,12-13H,4-8,10-11H2,1H3/b3-2+. The highest BCUT2D eigenvalue weighted by atomic mass is 14.0. The first-order chi connectivity index (χ1) is 6.93. The molecule has 14 heavy (non-hydrogen) atoms. The van der Waals surface area contributed by atoms with Crippen LogP contribution in [-0.4, -0.2) is 0 Å². The molecule has 0 aromatic carbocycles. The van der Waals surface area contributed by atoms with Gasteiger partial charge in [0.05, 0.1) is 0 Å². The Morgan fingerprint density at radius 1 is 1.21 bits per heavy atom. The molecule has 0 bridgehead atoms. The van der Waals surface area contributed by atoms with Crippen molar-refractivity contribution >= 4 is 0 Å². The van der Waals surface area contributed by atoms with Gasteiger partial charge in [-0.15, -0.1) is 0 Å². The van der Waals surface area contributed by atoms with Gasteiger partial charge in [-0.3, -0.25) is 0 Å². The minimum atomic E-state index is 1.24. The Bertz CT molecular complexity index is 218. The topological polar surface area (TPSA) is 0 Å². The summed E-state index contributed by atoms with van der Waals surface area (Å²) < 4.78 is 0. The van der Waals surface area contributed by atoms with Crippen LogP contribution in [-0.2, 0) is 0 Å². The Balaban J connectivity index is 1.98. The van der Waals surface area contributed by atoms with Gasteiger partial charge >= 0.3 is 0 Å². The van der Waals surface area contributed by atoms with Crippen LogP contribution in [0.3, 0.4) is 0 Å². The maximum Gasteiger partial charge on any atom is -0.0282 e. The molecule has 0 nitrogen and oxygen atoms in total. The van der Waals surface area contributed by atoms with Gasteiger partial charge in [-0.25, -0.2) is 0 Å². The quantitative estimate of drug-likeness (QED) is 0.417. The van der Waals surface area contributed by atoms with E-state index in [1.807, 2.05) is 0 Å². The lowest BCUT2D eigenvalue weighted by atomic mass is 10.0. The van der Waals surface area contributed by atoms with Crippen molar-refractivity contribution in [3.8, 4) is 0 Å². The van der Waals surface area contributed by atoms with Crippen LogP contribution in [0.4, 0.5) is 0 Å². The number of allylic oxidation sites excluding steroid dienone is 6. The first kappa shape index (κ1) is 11.3. The van der Waals surface area contributed by atoms with E-state index in [1.165, 1.54) is 44.9 Å². The molecule has 0 saturated heterocycles. The number of rotatable bonds is 6. The Kier molecular flexibility index (Phi) is 6.14. The van der Waals surface area contributed by atoms with E-state index >= 15 is 0 Å². The third-order valence-electron chi connectivity index (χ3n) is 2.64. The molecule has 0 aromatic rings. The third-order valence-corrected chi connectivity index (χ3v) is 2.64. The predicted octanol–water partition coefficient (Wildman–Crippen LogP) is 4.79. The van der Waals surface area contributed by atoms with E-state index in [1.54, 1.807) is 5.57 Å². The van der Waals surface area contributed by atoms with Crippen LogP contribution in [0.25, 0.3) is 0 Å². The highest BCUT2D eigenvalue weighted by molar-refractivity contribution is 5.21. The van der Waals surface area contributed by atoms with Crippen LogP contribution in [0.2, 0.25) is 0 Å². The number of unbranched alkanes of at least 4 members (excludes halogenated alkanes) is 3. The zero-order chi connectivity index (χ0) is 10.1. The molecular weight excluding hydrogens is 168 g/mol. The van der Waals surface area contributed by atoms with E-state index in [0.29, 0.717) is 0 Å². The normalized spacial score (nSPS) is 16.2. The van der Waals surface area contributed by atoms with Crippen molar-refractivity contribution in [2.45, 2.75) is 51.9 Å². The molecule has 0 saturated carbocycles. The largest absolute Gasteiger partial charge is 0.0917 e. The van der Waals surface area contributed by atoms with E-state index in [9.17, 15) is 0 Å². The van der Waals surface area contributed by atoms with Crippen LogP contribution in [0.1, 0.15) is 51.9 Å². The SMILES string of the molecule is C/C=C/CCCCCC1=CCCC=C1. The van der Waals surface area contributed by atoms with Crippen LogP contribution < -0.4 is 0 Å². The molecular formula is C14H22. The lowest BCUT2D eigenvalue weighted by molar-refractivity contribution is 0.685.